The van der Waals surface area contributed by atoms with Gasteiger partial charge in [-0.25, -0.2) is 0 Å². The first-order valence-electron chi connectivity index (χ1n) is 7.05. The van der Waals surface area contributed by atoms with Gasteiger partial charge in [0.2, 0.25) is 0 Å². The second-order valence-electron chi connectivity index (χ2n) is 5.03. The zero-order chi connectivity index (χ0) is 14.2. The molecule has 106 valence electrons. The molecular formula is C18H21FO. The summed E-state index contributed by atoms with van der Waals surface area (Å²) in [5, 5.41) is 0. The standard InChI is InChI=1S/C18H21FO/c1-15-7-5-6-10-17(15)13-18(11-12-19)20-14-16-8-3-2-4-9-16/h2-10,18H,11-14H2,1H3. The number of hydrogen-bond acceptors (Lipinski definition) is 1. The average Bonchev–Trinajstić information content (AvgIpc) is 2.48. The summed E-state index contributed by atoms with van der Waals surface area (Å²) in [6.07, 6.45) is 1.14. The number of benzene rings is 2. The Balaban J connectivity index is 1.95. The van der Waals surface area contributed by atoms with Gasteiger partial charge in [-0.3, -0.25) is 4.39 Å². The van der Waals surface area contributed by atoms with E-state index in [4.69, 9.17) is 4.74 Å². The fourth-order valence-electron chi connectivity index (χ4n) is 2.24. The molecule has 1 nitrogen and oxygen atoms in total. The monoisotopic (exact) mass is 272 g/mol. The van der Waals surface area contributed by atoms with Crippen LogP contribution in [0.3, 0.4) is 0 Å². The summed E-state index contributed by atoms with van der Waals surface area (Å²) in [7, 11) is 0. The van der Waals surface area contributed by atoms with Crippen LogP contribution in [0.5, 0.6) is 0 Å². The minimum atomic E-state index is -0.342. The van der Waals surface area contributed by atoms with Crippen LogP contribution in [0.2, 0.25) is 0 Å². The number of alkyl halides is 1. The highest BCUT2D eigenvalue weighted by Gasteiger charge is 2.11. The zero-order valence-electron chi connectivity index (χ0n) is 11.9. The molecule has 0 bridgehead atoms. The normalized spacial score (nSPS) is 12.3. The van der Waals surface area contributed by atoms with Gasteiger partial charge in [0, 0.05) is 6.42 Å². The lowest BCUT2D eigenvalue weighted by atomic mass is 10.0. The van der Waals surface area contributed by atoms with Crippen LogP contribution in [-0.2, 0) is 17.8 Å². The third kappa shape index (κ3) is 4.46. The number of ether oxygens (including phenoxy) is 1. The molecule has 0 saturated heterocycles. The van der Waals surface area contributed by atoms with Crippen LogP contribution >= 0.6 is 0 Å². The lowest BCUT2D eigenvalue weighted by Gasteiger charge is -2.18. The topological polar surface area (TPSA) is 9.23 Å². The minimum Gasteiger partial charge on any atom is -0.373 e. The van der Waals surface area contributed by atoms with Crippen LogP contribution in [0.25, 0.3) is 0 Å². The van der Waals surface area contributed by atoms with Crippen molar-refractivity contribution in [1.82, 2.24) is 0 Å². The van der Waals surface area contributed by atoms with Crippen molar-refractivity contribution in [3.05, 3.63) is 71.3 Å². The molecule has 0 spiro atoms. The summed E-state index contributed by atoms with van der Waals surface area (Å²) >= 11 is 0. The van der Waals surface area contributed by atoms with E-state index in [1.807, 2.05) is 42.5 Å². The lowest BCUT2D eigenvalue weighted by Crippen LogP contribution is -2.17. The third-order valence-corrected chi connectivity index (χ3v) is 3.47. The molecule has 0 aliphatic carbocycles. The lowest BCUT2D eigenvalue weighted by molar-refractivity contribution is 0.0311. The van der Waals surface area contributed by atoms with Gasteiger partial charge in [0.05, 0.1) is 19.4 Å². The highest BCUT2D eigenvalue weighted by Crippen LogP contribution is 2.15. The van der Waals surface area contributed by atoms with Crippen LogP contribution in [-0.4, -0.2) is 12.8 Å². The van der Waals surface area contributed by atoms with Crippen molar-refractivity contribution in [3.8, 4) is 0 Å². The Hall–Kier alpha value is -1.67. The van der Waals surface area contributed by atoms with Gasteiger partial charge < -0.3 is 4.74 Å². The molecule has 0 aliphatic rings. The Morgan fingerprint density at radius 2 is 1.70 bits per heavy atom. The highest BCUT2D eigenvalue weighted by atomic mass is 19.1. The number of rotatable bonds is 7. The molecule has 1 atom stereocenters. The van der Waals surface area contributed by atoms with Gasteiger partial charge in [-0.05, 0) is 30.0 Å². The smallest absolute Gasteiger partial charge is 0.0919 e. The third-order valence-electron chi connectivity index (χ3n) is 3.47. The Bertz CT molecular complexity index is 510. The molecule has 2 heteroatoms. The molecule has 0 amide bonds. The Kier molecular flexibility index (Phi) is 5.75. The summed E-state index contributed by atoms with van der Waals surface area (Å²) in [5.74, 6) is 0. The summed E-state index contributed by atoms with van der Waals surface area (Å²) in [4.78, 5) is 0. The minimum absolute atomic E-state index is 0.0682. The van der Waals surface area contributed by atoms with Gasteiger partial charge in [-0.1, -0.05) is 54.6 Å². The van der Waals surface area contributed by atoms with Gasteiger partial charge in [0.1, 0.15) is 0 Å². The largest absolute Gasteiger partial charge is 0.373 e. The Morgan fingerprint density at radius 1 is 1.00 bits per heavy atom. The predicted octanol–water partition coefficient (Wildman–Crippen LogP) is 4.48. The summed E-state index contributed by atoms with van der Waals surface area (Å²) in [6, 6.07) is 18.2. The van der Waals surface area contributed by atoms with Crippen LogP contribution < -0.4 is 0 Å². The number of aryl methyl sites for hydroxylation is 1. The fraction of sp³-hybridized carbons (Fsp3) is 0.333. The molecule has 0 N–H and O–H groups in total. The Labute approximate surface area is 120 Å². The first kappa shape index (κ1) is 14.7. The maximum absolute atomic E-state index is 12.7. The molecule has 0 radical (unpaired) electrons. The summed E-state index contributed by atoms with van der Waals surface area (Å²) < 4.78 is 18.6. The van der Waals surface area contributed by atoms with Gasteiger partial charge in [0.25, 0.3) is 0 Å². The van der Waals surface area contributed by atoms with Gasteiger partial charge in [-0.15, -0.1) is 0 Å². The van der Waals surface area contributed by atoms with Crippen LogP contribution in [0.4, 0.5) is 4.39 Å². The Morgan fingerprint density at radius 3 is 2.40 bits per heavy atom. The molecule has 0 fully saturated rings. The molecule has 2 rings (SSSR count). The second kappa shape index (κ2) is 7.81. The molecule has 0 heterocycles. The quantitative estimate of drug-likeness (QED) is 0.722. The first-order valence-corrected chi connectivity index (χ1v) is 7.05. The molecule has 0 aliphatic heterocycles. The summed E-state index contributed by atoms with van der Waals surface area (Å²) in [5.41, 5.74) is 3.60. The van der Waals surface area contributed by atoms with E-state index in [0.717, 1.165) is 12.0 Å². The number of halogens is 1. The van der Waals surface area contributed by atoms with Crippen LogP contribution in [0, 0.1) is 6.92 Å². The van der Waals surface area contributed by atoms with E-state index in [1.54, 1.807) is 0 Å². The van der Waals surface area contributed by atoms with Crippen molar-refractivity contribution >= 4 is 0 Å². The van der Waals surface area contributed by atoms with E-state index in [2.05, 4.69) is 19.1 Å². The zero-order valence-corrected chi connectivity index (χ0v) is 11.9. The van der Waals surface area contributed by atoms with E-state index in [0.29, 0.717) is 13.0 Å². The fourth-order valence-corrected chi connectivity index (χ4v) is 2.24. The molecule has 2 aromatic carbocycles. The average molecular weight is 272 g/mol. The molecule has 1 unspecified atom stereocenters. The van der Waals surface area contributed by atoms with Gasteiger partial charge in [-0.2, -0.15) is 0 Å². The maximum Gasteiger partial charge on any atom is 0.0919 e. The van der Waals surface area contributed by atoms with E-state index in [1.165, 1.54) is 11.1 Å². The summed E-state index contributed by atoms with van der Waals surface area (Å²) in [6.45, 7) is 2.28. The molecular weight excluding hydrogens is 251 g/mol. The van der Waals surface area contributed by atoms with Gasteiger partial charge in [0.15, 0.2) is 0 Å². The van der Waals surface area contributed by atoms with Crippen molar-refractivity contribution in [2.24, 2.45) is 0 Å². The van der Waals surface area contributed by atoms with E-state index in [-0.39, 0.29) is 12.8 Å². The molecule has 0 saturated carbocycles. The molecule has 0 aromatic heterocycles. The molecule has 20 heavy (non-hydrogen) atoms. The van der Waals surface area contributed by atoms with E-state index >= 15 is 0 Å². The van der Waals surface area contributed by atoms with Gasteiger partial charge >= 0.3 is 0 Å². The maximum atomic E-state index is 12.7. The highest BCUT2D eigenvalue weighted by molar-refractivity contribution is 5.26. The SMILES string of the molecule is Cc1ccccc1CC(CCF)OCc1ccccc1. The van der Waals surface area contributed by atoms with Crippen LogP contribution in [0.1, 0.15) is 23.1 Å². The molecule has 2 aromatic rings. The first-order chi connectivity index (χ1) is 9.79. The van der Waals surface area contributed by atoms with Crippen molar-refractivity contribution in [3.63, 3.8) is 0 Å². The van der Waals surface area contributed by atoms with Crippen molar-refractivity contribution in [2.45, 2.75) is 32.5 Å². The second-order valence-corrected chi connectivity index (χ2v) is 5.03. The van der Waals surface area contributed by atoms with E-state index < -0.39 is 0 Å². The van der Waals surface area contributed by atoms with Crippen LogP contribution in [0.15, 0.2) is 54.6 Å². The van der Waals surface area contributed by atoms with Crippen molar-refractivity contribution in [1.29, 1.82) is 0 Å². The van der Waals surface area contributed by atoms with Crippen molar-refractivity contribution < 1.29 is 9.13 Å². The predicted molar refractivity (Wildman–Crippen MR) is 80.5 cm³/mol. The van der Waals surface area contributed by atoms with Crippen molar-refractivity contribution in [2.75, 3.05) is 6.67 Å². The van der Waals surface area contributed by atoms with E-state index in [9.17, 15) is 4.39 Å². The number of hydrogen-bond donors (Lipinski definition) is 0.